The molecule has 0 aliphatic heterocycles. The lowest BCUT2D eigenvalue weighted by Gasteiger charge is -2.13. The van der Waals surface area contributed by atoms with E-state index >= 15 is 0 Å². The van der Waals surface area contributed by atoms with Gasteiger partial charge < -0.3 is 9.15 Å². The molecule has 2 aromatic rings. The van der Waals surface area contributed by atoms with E-state index in [4.69, 9.17) is 9.15 Å². The standard InChI is InChI=1S/C16H20O3/c1-4-8-13(16(17)18-5-2)15-11(3)12-9-6-7-10-14(12)19-15/h6-7,9-10,13H,4-5,8H2,1-3H3. The fourth-order valence-corrected chi connectivity index (χ4v) is 2.41. The molecule has 2 rings (SSSR count). The van der Waals surface area contributed by atoms with Crippen LogP contribution in [0.5, 0.6) is 0 Å². The van der Waals surface area contributed by atoms with Crippen molar-refractivity contribution in [2.75, 3.05) is 6.61 Å². The van der Waals surface area contributed by atoms with Crippen LogP contribution in [0.4, 0.5) is 0 Å². The molecular weight excluding hydrogens is 240 g/mol. The number of aryl methyl sites for hydroxylation is 1. The van der Waals surface area contributed by atoms with E-state index in [0.29, 0.717) is 6.61 Å². The van der Waals surface area contributed by atoms with Crippen molar-refractivity contribution in [2.24, 2.45) is 0 Å². The van der Waals surface area contributed by atoms with Gasteiger partial charge in [-0.1, -0.05) is 31.5 Å². The number of hydrogen-bond donors (Lipinski definition) is 0. The molecule has 0 spiro atoms. The van der Waals surface area contributed by atoms with Crippen LogP contribution in [0.1, 0.15) is 43.9 Å². The van der Waals surface area contributed by atoms with Gasteiger partial charge in [-0.15, -0.1) is 0 Å². The van der Waals surface area contributed by atoms with Gasteiger partial charge in [0.1, 0.15) is 17.3 Å². The Morgan fingerprint density at radius 1 is 1.32 bits per heavy atom. The first-order valence-corrected chi connectivity index (χ1v) is 6.83. The van der Waals surface area contributed by atoms with Crippen molar-refractivity contribution in [2.45, 2.75) is 39.5 Å². The third kappa shape index (κ3) is 2.65. The van der Waals surface area contributed by atoms with E-state index in [9.17, 15) is 4.79 Å². The summed E-state index contributed by atoms with van der Waals surface area (Å²) in [6.07, 6.45) is 1.67. The number of benzene rings is 1. The third-order valence-electron chi connectivity index (χ3n) is 3.35. The number of rotatable bonds is 5. The molecule has 3 nitrogen and oxygen atoms in total. The highest BCUT2D eigenvalue weighted by Crippen LogP contribution is 2.33. The minimum Gasteiger partial charge on any atom is -0.465 e. The smallest absolute Gasteiger partial charge is 0.316 e. The fourth-order valence-electron chi connectivity index (χ4n) is 2.41. The molecule has 102 valence electrons. The molecule has 19 heavy (non-hydrogen) atoms. The largest absolute Gasteiger partial charge is 0.465 e. The van der Waals surface area contributed by atoms with E-state index in [1.807, 2.05) is 38.1 Å². The van der Waals surface area contributed by atoms with Gasteiger partial charge in [-0.25, -0.2) is 0 Å². The lowest BCUT2D eigenvalue weighted by Crippen LogP contribution is -2.16. The van der Waals surface area contributed by atoms with Gasteiger partial charge in [0.05, 0.1) is 6.61 Å². The Hall–Kier alpha value is -1.77. The Kier molecular flexibility index (Phi) is 4.25. The molecule has 0 saturated carbocycles. The quantitative estimate of drug-likeness (QED) is 0.757. The number of ether oxygens (including phenoxy) is 1. The van der Waals surface area contributed by atoms with E-state index < -0.39 is 0 Å². The van der Waals surface area contributed by atoms with Crippen LogP contribution in [0.2, 0.25) is 0 Å². The van der Waals surface area contributed by atoms with Crippen LogP contribution in [0.15, 0.2) is 28.7 Å². The third-order valence-corrected chi connectivity index (χ3v) is 3.35. The summed E-state index contributed by atoms with van der Waals surface area (Å²) < 4.78 is 11.0. The van der Waals surface area contributed by atoms with Gasteiger partial charge in [0.25, 0.3) is 0 Å². The molecule has 0 N–H and O–H groups in total. The Bertz CT molecular complexity index is 568. The zero-order chi connectivity index (χ0) is 13.8. The highest BCUT2D eigenvalue weighted by Gasteiger charge is 2.27. The summed E-state index contributed by atoms with van der Waals surface area (Å²) in [4.78, 5) is 12.1. The molecule has 1 aromatic heterocycles. The number of hydrogen-bond acceptors (Lipinski definition) is 3. The summed E-state index contributed by atoms with van der Waals surface area (Å²) in [5.74, 6) is 0.269. The number of fused-ring (bicyclic) bond motifs is 1. The van der Waals surface area contributed by atoms with Gasteiger partial charge in [-0.05, 0) is 31.9 Å². The highest BCUT2D eigenvalue weighted by atomic mass is 16.5. The van der Waals surface area contributed by atoms with Crippen LogP contribution in [0.3, 0.4) is 0 Å². The van der Waals surface area contributed by atoms with Crippen molar-refractivity contribution in [3.05, 3.63) is 35.6 Å². The molecule has 0 amide bonds. The van der Waals surface area contributed by atoms with E-state index in [0.717, 1.165) is 35.1 Å². The van der Waals surface area contributed by atoms with Gasteiger partial charge in [-0.2, -0.15) is 0 Å². The van der Waals surface area contributed by atoms with Crippen molar-refractivity contribution >= 4 is 16.9 Å². The number of esters is 1. The second-order valence-electron chi connectivity index (χ2n) is 4.68. The summed E-state index contributed by atoms with van der Waals surface area (Å²) in [6.45, 7) is 6.29. The molecule has 1 unspecified atom stereocenters. The first-order valence-electron chi connectivity index (χ1n) is 6.83. The second kappa shape index (κ2) is 5.91. The van der Waals surface area contributed by atoms with E-state index in [1.54, 1.807) is 0 Å². The Labute approximate surface area is 113 Å². The summed E-state index contributed by atoms with van der Waals surface area (Å²) in [7, 11) is 0. The summed E-state index contributed by atoms with van der Waals surface area (Å²) in [5, 5.41) is 1.07. The second-order valence-corrected chi connectivity index (χ2v) is 4.68. The van der Waals surface area contributed by atoms with Crippen LogP contribution in [0.25, 0.3) is 11.0 Å². The maximum Gasteiger partial charge on any atom is 0.316 e. The van der Waals surface area contributed by atoms with Crippen LogP contribution < -0.4 is 0 Å². The minimum atomic E-state index is -0.294. The van der Waals surface area contributed by atoms with Gasteiger partial charge >= 0.3 is 5.97 Å². The Morgan fingerprint density at radius 2 is 2.05 bits per heavy atom. The normalized spacial score (nSPS) is 12.6. The molecule has 0 aliphatic rings. The van der Waals surface area contributed by atoms with E-state index in [1.165, 1.54) is 0 Å². The number of carbonyl (C=O) groups excluding carboxylic acids is 1. The van der Waals surface area contributed by atoms with Crippen molar-refractivity contribution < 1.29 is 13.9 Å². The molecule has 0 bridgehead atoms. The average Bonchev–Trinajstić information content (AvgIpc) is 2.74. The monoisotopic (exact) mass is 260 g/mol. The predicted octanol–water partition coefficient (Wildman–Crippen LogP) is 4.19. The lowest BCUT2D eigenvalue weighted by atomic mass is 9.97. The zero-order valence-electron chi connectivity index (χ0n) is 11.7. The zero-order valence-corrected chi connectivity index (χ0v) is 11.7. The Balaban J connectivity index is 2.44. The van der Waals surface area contributed by atoms with Crippen LogP contribution >= 0.6 is 0 Å². The van der Waals surface area contributed by atoms with Crippen molar-refractivity contribution in [1.82, 2.24) is 0 Å². The summed E-state index contributed by atoms with van der Waals surface area (Å²) in [5.41, 5.74) is 1.88. The molecular formula is C16H20O3. The average molecular weight is 260 g/mol. The van der Waals surface area contributed by atoms with E-state index in [2.05, 4.69) is 6.92 Å². The molecule has 0 fully saturated rings. The SMILES string of the molecule is CCCC(C(=O)OCC)c1oc2ccccc2c1C. The molecule has 3 heteroatoms. The lowest BCUT2D eigenvalue weighted by molar-refractivity contribution is -0.145. The van der Waals surface area contributed by atoms with Crippen LogP contribution in [-0.4, -0.2) is 12.6 Å². The Morgan fingerprint density at radius 3 is 2.68 bits per heavy atom. The molecule has 1 aromatic carbocycles. The summed E-state index contributed by atoms with van der Waals surface area (Å²) >= 11 is 0. The molecule has 0 saturated heterocycles. The van der Waals surface area contributed by atoms with Gasteiger partial charge in [-0.3, -0.25) is 4.79 Å². The summed E-state index contributed by atoms with van der Waals surface area (Å²) in [6, 6.07) is 7.87. The molecule has 1 heterocycles. The van der Waals surface area contributed by atoms with Crippen LogP contribution in [0, 0.1) is 6.92 Å². The van der Waals surface area contributed by atoms with Crippen molar-refractivity contribution in [3.8, 4) is 0 Å². The maximum atomic E-state index is 12.1. The first kappa shape index (κ1) is 13.7. The maximum absolute atomic E-state index is 12.1. The molecule has 0 radical (unpaired) electrons. The van der Waals surface area contributed by atoms with E-state index in [-0.39, 0.29) is 11.9 Å². The molecule has 1 atom stereocenters. The van der Waals surface area contributed by atoms with Crippen molar-refractivity contribution in [1.29, 1.82) is 0 Å². The van der Waals surface area contributed by atoms with Gasteiger partial charge in [0.2, 0.25) is 0 Å². The number of para-hydroxylation sites is 1. The number of carbonyl (C=O) groups is 1. The first-order chi connectivity index (χ1) is 9.19. The molecule has 0 aliphatic carbocycles. The minimum absolute atomic E-state index is 0.188. The van der Waals surface area contributed by atoms with Crippen molar-refractivity contribution in [3.63, 3.8) is 0 Å². The van der Waals surface area contributed by atoms with Gasteiger partial charge in [0, 0.05) is 5.39 Å². The fraction of sp³-hybridized carbons (Fsp3) is 0.438. The number of furan rings is 1. The van der Waals surface area contributed by atoms with Gasteiger partial charge in [0.15, 0.2) is 0 Å². The van der Waals surface area contributed by atoms with Crippen LogP contribution in [-0.2, 0) is 9.53 Å². The predicted molar refractivity (Wildman–Crippen MR) is 75.2 cm³/mol. The highest BCUT2D eigenvalue weighted by molar-refractivity contribution is 5.85. The topological polar surface area (TPSA) is 39.4 Å².